The molecule has 1 atom stereocenters. The molecule has 1 N–H and O–H groups in total. The predicted molar refractivity (Wildman–Crippen MR) is 74.8 cm³/mol. The van der Waals surface area contributed by atoms with Gasteiger partial charge in [-0.2, -0.15) is 0 Å². The zero-order valence-electron chi connectivity index (χ0n) is 11.4. The third-order valence-electron chi connectivity index (χ3n) is 3.45. The number of hydrogen-bond donors (Lipinski definition) is 1. The summed E-state index contributed by atoms with van der Waals surface area (Å²) in [6.45, 7) is 10.0. The standard InChI is InChI=1S/C14H24N2S/c1-5-10(4)14-16-13(9(2)3)12(17-14)8-15-11-6-7-11/h9-11,15H,5-8H2,1-4H3. The molecule has 1 saturated carbocycles. The van der Waals surface area contributed by atoms with Gasteiger partial charge < -0.3 is 5.32 Å². The van der Waals surface area contributed by atoms with Gasteiger partial charge in [0, 0.05) is 23.4 Å². The molecule has 3 heteroatoms. The van der Waals surface area contributed by atoms with Gasteiger partial charge in [0.05, 0.1) is 10.7 Å². The lowest BCUT2D eigenvalue weighted by Crippen LogP contribution is -2.15. The van der Waals surface area contributed by atoms with Crippen molar-refractivity contribution in [3.63, 3.8) is 0 Å². The number of nitrogens with one attached hydrogen (secondary N) is 1. The van der Waals surface area contributed by atoms with Gasteiger partial charge in [0.1, 0.15) is 0 Å². The molecule has 1 aliphatic rings. The lowest BCUT2D eigenvalue weighted by Gasteiger charge is -2.05. The molecule has 0 spiro atoms. The molecule has 0 radical (unpaired) electrons. The molecule has 96 valence electrons. The Bertz CT molecular complexity index is 366. The molecule has 1 aliphatic carbocycles. The Hall–Kier alpha value is -0.410. The molecule has 1 aromatic rings. The Morgan fingerprint density at radius 3 is 2.59 bits per heavy atom. The number of rotatable bonds is 6. The highest BCUT2D eigenvalue weighted by Gasteiger charge is 2.22. The van der Waals surface area contributed by atoms with Gasteiger partial charge >= 0.3 is 0 Å². The molecule has 1 fully saturated rings. The zero-order chi connectivity index (χ0) is 12.4. The normalized spacial score (nSPS) is 17.7. The summed E-state index contributed by atoms with van der Waals surface area (Å²) in [4.78, 5) is 6.32. The van der Waals surface area contributed by atoms with Crippen LogP contribution in [0.2, 0.25) is 0 Å². The Labute approximate surface area is 109 Å². The fourth-order valence-corrected chi connectivity index (χ4v) is 3.18. The first-order chi connectivity index (χ1) is 8.11. The molecular formula is C14H24N2S. The first-order valence-corrected chi connectivity index (χ1v) is 7.66. The largest absolute Gasteiger partial charge is 0.309 e. The van der Waals surface area contributed by atoms with Crippen molar-refractivity contribution in [3.05, 3.63) is 15.6 Å². The van der Waals surface area contributed by atoms with E-state index in [-0.39, 0.29) is 0 Å². The molecular weight excluding hydrogens is 228 g/mol. The van der Waals surface area contributed by atoms with Gasteiger partial charge in [-0.3, -0.25) is 0 Å². The Kier molecular flexibility index (Phi) is 4.21. The molecule has 1 aromatic heterocycles. The van der Waals surface area contributed by atoms with Gasteiger partial charge in [-0.1, -0.05) is 27.7 Å². The van der Waals surface area contributed by atoms with Gasteiger partial charge in [-0.05, 0) is 25.2 Å². The van der Waals surface area contributed by atoms with E-state index in [1.165, 1.54) is 34.8 Å². The van der Waals surface area contributed by atoms with Crippen LogP contribution < -0.4 is 5.32 Å². The van der Waals surface area contributed by atoms with E-state index in [0.29, 0.717) is 11.8 Å². The SMILES string of the molecule is CCC(C)c1nc(C(C)C)c(CNC2CC2)s1. The second-order valence-electron chi connectivity index (χ2n) is 5.48. The van der Waals surface area contributed by atoms with Crippen LogP contribution in [0, 0.1) is 0 Å². The summed E-state index contributed by atoms with van der Waals surface area (Å²) < 4.78 is 0. The molecule has 1 unspecified atom stereocenters. The summed E-state index contributed by atoms with van der Waals surface area (Å²) in [5.74, 6) is 1.15. The highest BCUT2D eigenvalue weighted by Crippen LogP contribution is 2.31. The smallest absolute Gasteiger partial charge is 0.0959 e. The average molecular weight is 252 g/mol. The van der Waals surface area contributed by atoms with Crippen LogP contribution in [0.3, 0.4) is 0 Å². The molecule has 0 saturated heterocycles. The summed E-state index contributed by atoms with van der Waals surface area (Å²) in [5.41, 5.74) is 1.32. The Balaban J connectivity index is 2.11. The monoisotopic (exact) mass is 252 g/mol. The first kappa shape index (κ1) is 13.0. The molecule has 0 amide bonds. The summed E-state index contributed by atoms with van der Waals surface area (Å²) >= 11 is 1.92. The van der Waals surface area contributed by atoms with E-state index >= 15 is 0 Å². The highest BCUT2D eigenvalue weighted by atomic mass is 32.1. The molecule has 0 aromatic carbocycles. The van der Waals surface area contributed by atoms with Crippen molar-refractivity contribution >= 4 is 11.3 Å². The van der Waals surface area contributed by atoms with E-state index in [4.69, 9.17) is 4.98 Å². The molecule has 0 aliphatic heterocycles. The highest BCUT2D eigenvalue weighted by molar-refractivity contribution is 7.11. The number of thiazole rings is 1. The fraction of sp³-hybridized carbons (Fsp3) is 0.786. The zero-order valence-corrected chi connectivity index (χ0v) is 12.2. The van der Waals surface area contributed by atoms with Crippen LogP contribution in [0.5, 0.6) is 0 Å². The average Bonchev–Trinajstić information content (AvgIpc) is 3.03. The summed E-state index contributed by atoms with van der Waals surface area (Å²) in [6.07, 6.45) is 3.89. The Morgan fingerprint density at radius 2 is 2.06 bits per heavy atom. The number of hydrogen-bond acceptors (Lipinski definition) is 3. The topological polar surface area (TPSA) is 24.9 Å². The van der Waals surface area contributed by atoms with E-state index in [1.807, 2.05) is 11.3 Å². The molecule has 2 nitrogen and oxygen atoms in total. The quantitative estimate of drug-likeness (QED) is 0.826. The van der Waals surface area contributed by atoms with Crippen molar-refractivity contribution in [2.45, 2.75) is 71.4 Å². The first-order valence-electron chi connectivity index (χ1n) is 6.84. The minimum absolute atomic E-state index is 0.542. The predicted octanol–water partition coefficient (Wildman–Crippen LogP) is 4.03. The van der Waals surface area contributed by atoms with E-state index in [0.717, 1.165) is 12.6 Å². The third kappa shape index (κ3) is 3.29. The summed E-state index contributed by atoms with van der Waals surface area (Å²) in [6, 6.07) is 0.782. The van der Waals surface area contributed by atoms with Crippen LogP contribution in [0.4, 0.5) is 0 Å². The lowest BCUT2D eigenvalue weighted by molar-refractivity contribution is 0.677. The van der Waals surface area contributed by atoms with Crippen molar-refractivity contribution in [1.82, 2.24) is 10.3 Å². The Morgan fingerprint density at radius 1 is 1.35 bits per heavy atom. The van der Waals surface area contributed by atoms with Gasteiger partial charge in [0.25, 0.3) is 0 Å². The number of nitrogens with zero attached hydrogens (tertiary/aromatic N) is 1. The van der Waals surface area contributed by atoms with Crippen LogP contribution in [0.25, 0.3) is 0 Å². The molecule has 17 heavy (non-hydrogen) atoms. The molecule has 1 heterocycles. The van der Waals surface area contributed by atoms with E-state index < -0.39 is 0 Å². The van der Waals surface area contributed by atoms with Crippen molar-refractivity contribution < 1.29 is 0 Å². The van der Waals surface area contributed by atoms with Crippen LogP contribution in [-0.4, -0.2) is 11.0 Å². The van der Waals surface area contributed by atoms with Gasteiger partial charge in [-0.15, -0.1) is 11.3 Å². The van der Waals surface area contributed by atoms with Crippen molar-refractivity contribution in [3.8, 4) is 0 Å². The maximum atomic E-state index is 4.86. The van der Waals surface area contributed by atoms with E-state index in [1.54, 1.807) is 0 Å². The second kappa shape index (κ2) is 5.49. The number of aromatic nitrogens is 1. The molecule has 0 bridgehead atoms. The van der Waals surface area contributed by atoms with E-state index in [2.05, 4.69) is 33.0 Å². The van der Waals surface area contributed by atoms with Crippen molar-refractivity contribution in [2.75, 3.05) is 0 Å². The lowest BCUT2D eigenvalue weighted by atomic mass is 10.1. The fourth-order valence-electron chi connectivity index (χ4n) is 1.87. The van der Waals surface area contributed by atoms with Crippen LogP contribution in [0.1, 0.15) is 74.4 Å². The van der Waals surface area contributed by atoms with Gasteiger partial charge in [-0.25, -0.2) is 4.98 Å². The van der Waals surface area contributed by atoms with Gasteiger partial charge in [0.2, 0.25) is 0 Å². The third-order valence-corrected chi connectivity index (χ3v) is 4.76. The van der Waals surface area contributed by atoms with Gasteiger partial charge in [0.15, 0.2) is 0 Å². The minimum Gasteiger partial charge on any atom is -0.309 e. The second-order valence-corrected chi connectivity index (χ2v) is 6.59. The molecule has 2 rings (SSSR count). The summed E-state index contributed by atoms with van der Waals surface area (Å²) in [5, 5.41) is 4.93. The van der Waals surface area contributed by atoms with Crippen molar-refractivity contribution in [1.29, 1.82) is 0 Å². The summed E-state index contributed by atoms with van der Waals surface area (Å²) in [7, 11) is 0. The van der Waals surface area contributed by atoms with E-state index in [9.17, 15) is 0 Å². The maximum Gasteiger partial charge on any atom is 0.0959 e. The minimum atomic E-state index is 0.542. The van der Waals surface area contributed by atoms with Crippen LogP contribution in [-0.2, 0) is 6.54 Å². The van der Waals surface area contributed by atoms with Crippen LogP contribution >= 0.6 is 11.3 Å². The maximum absolute atomic E-state index is 4.86. The van der Waals surface area contributed by atoms with Crippen molar-refractivity contribution in [2.24, 2.45) is 0 Å². The van der Waals surface area contributed by atoms with Crippen LogP contribution in [0.15, 0.2) is 0 Å².